The minimum Gasteiger partial charge on any atom is -0.252 e. The molecule has 12 aromatic rings. The van der Waals surface area contributed by atoms with E-state index in [-0.39, 0.29) is 0 Å². The van der Waals surface area contributed by atoms with Gasteiger partial charge >= 0.3 is 0 Å². The number of benzene rings is 10. The molecule has 3 heteroatoms. The molecule has 0 amide bonds. The van der Waals surface area contributed by atoms with Crippen LogP contribution in [0.2, 0.25) is 0 Å². The van der Waals surface area contributed by atoms with E-state index in [0.717, 1.165) is 44.2 Å². The molecule has 0 saturated carbocycles. The summed E-state index contributed by atoms with van der Waals surface area (Å²) in [6, 6.07) is 72.4. The molecule has 10 aromatic carbocycles. The van der Waals surface area contributed by atoms with Gasteiger partial charge in [0.25, 0.3) is 0 Å². The van der Waals surface area contributed by atoms with Crippen LogP contribution in [0.4, 0.5) is 0 Å². The summed E-state index contributed by atoms with van der Waals surface area (Å²) in [4.78, 5) is 10.2. The van der Waals surface area contributed by atoms with Crippen LogP contribution >= 0.6 is 11.3 Å². The molecule has 0 saturated heterocycles. The monoisotopic (exact) mass is 766 g/mol. The summed E-state index contributed by atoms with van der Waals surface area (Å²) in [5.74, 6) is 0. The molecular weight excluding hydrogens is 733 g/mol. The molecule has 0 aliphatic carbocycles. The number of thiophene rings is 1. The molecule has 0 spiro atoms. The lowest BCUT2D eigenvalue weighted by Gasteiger charge is -2.11. The van der Waals surface area contributed by atoms with Crippen LogP contribution in [0.3, 0.4) is 0 Å². The Bertz CT molecular complexity index is 3580. The lowest BCUT2D eigenvalue weighted by molar-refractivity contribution is 1.31. The lowest BCUT2D eigenvalue weighted by atomic mass is 9.95. The average Bonchev–Trinajstić information content (AvgIpc) is 3.71. The highest BCUT2D eigenvalue weighted by Gasteiger charge is 2.16. The van der Waals surface area contributed by atoms with E-state index < -0.39 is 0 Å². The van der Waals surface area contributed by atoms with Gasteiger partial charge in [-0.05, 0) is 72.6 Å². The third kappa shape index (κ3) is 5.55. The standard InChI is InChI=1S/C56H34N2S/c1-2-18-42-37(12-1)13-9-24-44(42)49-25-11-27-51-50-26-10-23-43(55(50)59-56(49)51)40-16-7-14-38(32-40)35-28-30-36(31-29-35)39-15-8-17-41(33-39)52-34-57-53-47-21-5-3-19-45(47)46-20-4-6-22-48(46)54(53)58-52/h1-34H. The van der Waals surface area contributed by atoms with Gasteiger partial charge in [-0.1, -0.05) is 188 Å². The zero-order valence-electron chi connectivity index (χ0n) is 31.9. The Morgan fingerprint density at radius 1 is 0.305 bits per heavy atom. The molecule has 12 rings (SSSR count). The first kappa shape index (κ1) is 33.7. The molecule has 0 N–H and O–H groups in total. The van der Waals surface area contributed by atoms with Crippen molar-refractivity contribution in [2.45, 2.75) is 0 Å². The number of nitrogens with zero attached hydrogens (tertiary/aromatic N) is 2. The highest BCUT2D eigenvalue weighted by Crippen LogP contribution is 2.45. The van der Waals surface area contributed by atoms with Crippen LogP contribution in [0.25, 0.3) is 119 Å². The van der Waals surface area contributed by atoms with E-state index >= 15 is 0 Å². The van der Waals surface area contributed by atoms with Gasteiger partial charge in [0.15, 0.2) is 0 Å². The van der Waals surface area contributed by atoms with Gasteiger partial charge in [0, 0.05) is 42.1 Å². The fourth-order valence-corrected chi connectivity index (χ4v) is 10.4. The Morgan fingerprint density at radius 3 is 1.49 bits per heavy atom. The minimum atomic E-state index is 0.867. The van der Waals surface area contributed by atoms with Gasteiger partial charge in [-0.15, -0.1) is 11.3 Å². The van der Waals surface area contributed by atoms with Gasteiger partial charge in [0.05, 0.1) is 22.9 Å². The lowest BCUT2D eigenvalue weighted by Crippen LogP contribution is -1.92. The van der Waals surface area contributed by atoms with Crippen LogP contribution in [0, 0.1) is 0 Å². The van der Waals surface area contributed by atoms with E-state index in [4.69, 9.17) is 9.97 Å². The van der Waals surface area contributed by atoms with E-state index in [1.165, 1.54) is 75.1 Å². The molecule has 0 bridgehead atoms. The Balaban J connectivity index is 0.882. The maximum Gasteiger partial charge on any atom is 0.0979 e. The third-order valence-electron chi connectivity index (χ3n) is 11.9. The Kier molecular flexibility index (Phi) is 7.75. The zero-order valence-corrected chi connectivity index (χ0v) is 32.7. The molecule has 2 heterocycles. The van der Waals surface area contributed by atoms with Gasteiger partial charge < -0.3 is 0 Å². The molecule has 0 radical (unpaired) electrons. The second-order valence-electron chi connectivity index (χ2n) is 15.3. The predicted molar refractivity (Wildman–Crippen MR) is 252 cm³/mol. The first-order chi connectivity index (χ1) is 29.2. The minimum absolute atomic E-state index is 0.867. The summed E-state index contributed by atoms with van der Waals surface area (Å²) in [6.45, 7) is 0. The second-order valence-corrected chi connectivity index (χ2v) is 16.3. The summed E-state index contributed by atoms with van der Waals surface area (Å²) < 4.78 is 2.65. The SMILES string of the molecule is c1cc(-c2ccc(-c3cccc(-c4cccc5c4sc4c(-c6cccc7ccccc67)cccc45)c3)cc2)cc(-c2cnc3c4ccccc4c4ccccc4c3n2)c1. The molecule has 0 atom stereocenters. The summed E-state index contributed by atoms with van der Waals surface area (Å²) in [5, 5.41) is 9.82. The topological polar surface area (TPSA) is 25.8 Å². The Labute approximate surface area is 345 Å². The van der Waals surface area contributed by atoms with Crippen LogP contribution in [-0.2, 0) is 0 Å². The van der Waals surface area contributed by atoms with Crippen LogP contribution in [-0.4, -0.2) is 9.97 Å². The van der Waals surface area contributed by atoms with Crippen molar-refractivity contribution in [2.75, 3.05) is 0 Å². The maximum absolute atomic E-state index is 5.24. The van der Waals surface area contributed by atoms with Crippen LogP contribution < -0.4 is 0 Å². The van der Waals surface area contributed by atoms with E-state index in [0.29, 0.717) is 0 Å². The van der Waals surface area contributed by atoms with E-state index in [2.05, 4.69) is 200 Å². The van der Waals surface area contributed by atoms with Crippen molar-refractivity contribution in [3.63, 3.8) is 0 Å². The van der Waals surface area contributed by atoms with Crippen molar-refractivity contribution in [3.05, 3.63) is 206 Å². The molecule has 0 aliphatic heterocycles. The van der Waals surface area contributed by atoms with E-state index in [9.17, 15) is 0 Å². The third-order valence-corrected chi connectivity index (χ3v) is 13.2. The fraction of sp³-hybridized carbons (Fsp3) is 0. The van der Waals surface area contributed by atoms with Crippen LogP contribution in [0.5, 0.6) is 0 Å². The Hall–Kier alpha value is -7.46. The first-order valence-electron chi connectivity index (χ1n) is 20.1. The number of hydrogen-bond acceptors (Lipinski definition) is 3. The van der Waals surface area contributed by atoms with E-state index in [1.807, 2.05) is 17.5 Å². The molecule has 0 fully saturated rings. The molecule has 0 aliphatic rings. The summed E-state index contributed by atoms with van der Waals surface area (Å²) >= 11 is 1.91. The second kappa shape index (κ2) is 13.6. The van der Waals surface area contributed by atoms with Crippen molar-refractivity contribution >= 4 is 74.9 Å². The van der Waals surface area contributed by atoms with Gasteiger partial charge in [0.1, 0.15) is 0 Å². The molecule has 59 heavy (non-hydrogen) atoms. The zero-order chi connectivity index (χ0) is 38.9. The summed E-state index contributed by atoms with van der Waals surface area (Å²) in [5.41, 5.74) is 13.5. The van der Waals surface area contributed by atoms with Gasteiger partial charge in [-0.3, -0.25) is 4.98 Å². The summed E-state index contributed by atoms with van der Waals surface area (Å²) in [7, 11) is 0. The van der Waals surface area contributed by atoms with Crippen molar-refractivity contribution in [2.24, 2.45) is 0 Å². The predicted octanol–water partition coefficient (Wildman–Crippen LogP) is 15.8. The highest BCUT2D eigenvalue weighted by atomic mass is 32.1. The largest absolute Gasteiger partial charge is 0.252 e. The first-order valence-corrected chi connectivity index (χ1v) is 20.9. The van der Waals surface area contributed by atoms with Crippen LogP contribution in [0.15, 0.2) is 206 Å². The molecular formula is C56H34N2S. The smallest absolute Gasteiger partial charge is 0.0979 e. The van der Waals surface area contributed by atoms with Gasteiger partial charge in [-0.2, -0.15) is 0 Å². The number of rotatable bonds is 5. The molecule has 0 unspecified atom stereocenters. The number of fused-ring (bicyclic) bond motifs is 10. The van der Waals surface area contributed by atoms with Crippen molar-refractivity contribution in [3.8, 4) is 55.8 Å². The molecule has 2 aromatic heterocycles. The maximum atomic E-state index is 5.24. The van der Waals surface area contributed by atoms with Crippen LogP contribution in [0.1, 0.15) is 0 Å². The van der Waals surface area contributed by atoms with Crippen molar-refractivity contribution in [1.29, 1.82) is 0 Å². The quantitative estimate of drug-likeness (QED) is 0.163. The van der Waals surface area contributed by atoms with Gasteiger partial charge in [-0.25, -0.2) is 4.98 Å². The summed E-state index contributed by atoms with van der Waals surface area (Å²) in [6.07, 6.45) is 1.92. The van der Waals surface area contributed by atoms with E-state index in [1.54, 1.807) is 0 Å². The van der Waals surface area contributed by atoms with Crippen molar-refractivity contribution in [1.82, 2.24) is 9.97 Å². The normalized spacial score (nSPS) is 11.7. The van der Waals surface area contributed by atoms with Gasteiger partial charge in [0.2, 0.25) is 0 Å². The average molecular weight is 767 g/mol. The molecule has 274 valence electrons. The fourth-order valence-electron chi connectivity index (χ4n) is 9.06. The highest BCUT2D eigenvalue weighted by molar-refractivity contribution is 7.26. The van der Waals surface area contributed by atoms with Crippen molar-refractivity contribution < 1.29 is 0 Å². The molecule has 2 nitrogen and oxygen atoms in total. The number of aromatic nitrogens is 2. The Morgan fingerprint density at radius 2 is 0.780 bits per heavy atom. The number of hydrogen-bond donors (Lipinski definition) is 0.